The van der Waals surface area contributed by atoms with Crippen LogP contribution in [0.25, 0.3) is 0 Å². The highest BCUT2D eigenvalue weighted by molar-refractivity contribution is 5.83. The third-order valence-corrected chi connectivity index (χ3v) is 1.14. The minimum atomic E-state index is -0.516. The molecular weight excluding hydrogens is 160 g/mol. The molecule has 1 amide bonds. The van der Waals surface area contributed by atoms with Crippen molar-refractivity contribution in [3.63, 3.8) is 0 Å². The summed E-state index contributed by atoms with van der Waals surface area (Å²) in [7, 11) is 0. The van der Waals surface area contributed by atoms with Gasteiger partial charge in [0.1, 0.15) is 0 Å². The van der Waals surface area contributed by atoms with Gasteiger partial charge in [-0.2, -0.15) is 0 Å². The summed E-state index contributed by atoms with van der Waals surface area (Å²) in [5.74, 6) is -0.598. The molecule has 0 saturated carbocycles. The summed E-state index contributed by atoms with van der Waals surface area (Å²) >= 11 is 0. The van der Waals surface area contributed by atoms with Gasteiger partial charge in [-0.3, -0.25) is 15.4 Å². The van der Waals surface area contributed by atoms with Crippen molar-refractivity contribution in [1.29, 1.82) is 5.41 Å². The standard InChI is InChI=1S/C6H13N4O2/c7-6(8)9-4-2-1-3-5(11)10-12/h3,12H,1-2,4H2,(H,10,11)(H4,7,8,9). The highest BCUT2D eigenvalue weighted by atomic mass is 16.5. The van der Waals surface area contributed by atoms with E-state index in [1.165, 1.54) is 11.9 Å². The van der Waals surface area contributed by atoms with E-state index >= 15 is 0 Å². The molecule has 0 saturated heterocycles. The number of rotatable bonds is 5. The van der Waals surface area contributed by atoms with E-state index in [1.807, 2.05) is 0 Å². The largest absolute Gasteiger partial charge is 0.370 e. The van der Waals surface area contributed by atoms with E-state index in [4.69, 9.17) is 16.4 Å². The lowest BCUT2D eigenvalue weighted by Crippen LogP contribution is -2.31. The molecule has 0 aliphatic rings. The number of carbonyl (C=O) groups is 1. The zero-order valence-corrected chi connectivity index (χ0v) is 6.63. The van der Waals surface area contributed by atoms with Gasteiger partial charge in [-0.15, -0.1) is 0 Å². The van der Waals surface area contributed by atoms with Crippen LogP contribution >= 0.6 is 0 Å². The first-order chi connectivity index (χ1) is 5.66. The molecule has 0 aliphatic heterocycles. The molecule has 6 heteroatoms. The fourth-order valence-corrected chi connectivity index (χ4v) is 0.604. The molecule has 6 N–H and O–H groups in total. The number of carbonyl (C=O) groups excluding carboxylic acids is 1. The maximum absolute atomic E-state index is 10.4. The summed E-state index contributed by atoms with van der Waals surface area (Å²) in [4.78, 5) is 10.4. The molecule has 0 aromatic rings. The molecule has 0 aliphatic carbocycles. The van der Waals surface area contributed by atoms with Crippen LogP contribution in [-0.2, 0) is 4.79 Å². The normalized spacial score (nSPS) is 9.08. The zero-order valence-electron chi connectivity index (χ0n) is 6.63. The van der Waals surface area contributed by atoms with Crippen LogP contribution in [0, 0.1) is 11.8 Å². The summed E-state index contributed by atoms with van der Waals surface area (Å²) in [6, 6.07) is 0. The number of nitrogens with two attached hydrogens (primary N) is 1. The van der Waals surface area contributed by atoms with Crippen LogP contribution in [0.4, 0.5) is 0 Å². The van der Waals surface area contributed by atoms with Gasteiger partial charge in [0.05, 0.1) is 6.42 Å². The summed E-state index contributed by atoms with van der Waals surface area (Å²) in [5.41, 5.74) is 6.49. The monoisotopic (exact) mass is 173 g/mol. The average Bonchev–Trinajstić information content (AvgIpc) is 2.03. The lowest BCUT2D eigenvalue weighted by molar-refractivity contribution is -0.125. The number of hydrogen-bond donors (Lipinski definition) is 5. The van der Waals surface area contributed by atoms with E-state index in [0.717, 1.165) is 0 Å². The van der Waals surface area contributed by atoms with Gasteiger partial charge in [0.25, 0.3) is 0 Å². The third kappa shape index (κ3) is 6.81. The van der Waals surface area contributed by atoms with Crippen molar-refractivity contribution < 1.29 is 10.0 Å². The maximum Gasteiger partial charge on any atom is 0.247 e. The first-order valence-corrected chi connectivity index (χ1v) is 3.52. The van der Waals surface area contributed by atoms with E-state index in [0.29, 0.717) is 19.4 Å². The predicted octanol–water partition coefficient (Wildman–Crippen LogP) is -1.04. The Bertz CT molecular complexity index is 160. The van der Waals surface area contributed by atoms with Gasteiger partial charge in [-0.25, -0.2) is 5.48 Å². The molecule has 0 rings (SSSR count). The van der Waals surface area contributed by atoms with Crippen LogP contribution in [0.2, 0.25) is 0 Å². The second-order valence-corrected chi connectivity index (χ2v) is 2.16. The minimum Gasteiger partial charge on any atom is -0.370 e. The van der Waals surface area contributed by atoms with Crippen molar-refractivity contribution in [2.24, 2.45) is 5.73 Å². The number of hydroxylamine groups is 1. The van der Waals surface area contributed by atoms with Crippen LogP contribution in [-0.4, -0.2) is 23.6 Å². The summed E-state index contributed by atoms with van der Waals surface area (Å²) in [6.45, 7) is 0.546. The van der Waals surface area contributed by atoms with E-state index in [2.05, 4.69) is 5.32 Å². The van der Waals surface area contributed by atoms with Gasteiger partial charge >= 0.3 is 0 Å². The van der Waals surface area contributed by atoms with Crippen LogP contribution in [0.1, 0.15) is 12.8 Å². The average molecular weight is 173 g/mol. The minimum absolute atomic E-state index is 0.0818. The number of guanidine groups is 1. The molecule has 12 heavy (non-hydrogen) atoms. The van der Waals surface area contributed by atoms with Crippen molar-refractivity contribution in [1.82, 2.24) is 10.8 Å². The van der Waals surface area contributed by atoms with Crippen LogP contribution < -0.4 is 16.5 Å². The molecule has 0 heterocycles. The lowest BCUT2D eigenvalue weighted by atomic mass is 10.2. The van der Waals surface area contributed by atoms with Crippen LogP contribution in [0.5, 0.6) is 0 Å². The van der Waals surface area contributed by atoms with Gasteiger partial charge < -0.3 is 11.1 Å². The molecule has 6 nitrogen and oxygen atoms in total. The molecule has 0 spiro atoms. The van der Waals surface area contributed by atoms with Gasteiger partial charge in [0, 0.05) is 6.54 Å². The number of unbranched alkanes of at least 4 members (excludes halogenated alkanes) is 1. The lowest BCUT2D eigenvalue weighted by Gasteiger charge is -2.01. The zero-order chi connectivity index (χ0) is 9.40. The molecule has 0 bridgehead atoms. The Morgan fingerprint density at radius 2 is 2.33 bits per heavy atom. The Morgan fingerprint density at radius 3 is 2.83 bits per heavy atom. The molecule has 0 aromatic heterocycles. The topological polar surface area (TPSA) is 111 Å². The van der Waals surface area contributed by atoms with Gasteiger partial charge in [0.15, 0.2) is 5.96 Å². The molecule has 0 unspecified atom stereocenters. The molecule has 0 aromatic carbocycles. The Hall–Kier alpha value is -1.30. The Kier molecular flexibility index (Phi) is 5.72. The Morgan fingerprint density at radius 1 is 1.67 bits per heavy atom. The summed E-state index contributed by atoms with van der Waals surface area (Å²) < 4.78 is 0. The summed E-state index contributed by atoms with van der Waals surface area (Å²) in [5, 5.41) is 17.5. The molecule has 69 valence electrons. The smallest absolute Gasteiger partial charge is 0.247 e. The Labute approximate surface area is 70.6 Å². The van der Waals surface area contributed by atoms with Gasteiger partial charge in [-0.1, -0.05) is 0 Å². The van der Waals surface area contributed by atoms with Crippen molar-refractivity contribution in [3.05, 3.63) is 6.42 Å². The first kappa shape index (κ1) is 10.7. The second-order valence-electron chi connectivity index (χ2n) is 2.16. The van der Waals surface area contributed by atoms with E-state index in [1.54, 1.807) is 0 Å². The highest BCUT2D eigenvalue weighted by Crippen LogP contribution is 1.91. The van der Waals surface area contributed by atoms with Crippen molar-refractivity contribution in [2.75, 3.05) is 6.54 Å². The first-order valence-electron chi connectivity index (χ1n) is 3.52. The highest BCUT2D eigenvalue weighted by Gasteiger charge is 1.98. The fourth-order valence-electron chi connectivity index (χ4n) is 0.604. The van der Waals surface area contributed by atoms with Crippen molar-refractivity contribution in [3.8, 4) is 0 Å². The molecule has 0 atom stereocenters. The third-order valence-electron chi connectivity index (χ3n) is 1.14. The predicted molar refractivity (Wildman–Crippen MR) is 43.4 cm³/mol. The quantitative estimate of drug-likeness (QED) is 0.120. The van der Waals surface area contributed by atoms with Gasteiger partial charge in [0.2, 0.25) is 5.91 Å². The van der Waals surface area contributed by atoms with E-state index in [9.17, 15) is 4.79 Å². The molecule has 0 fully saturated rings. The summed E-state index contributed by atoms with van der Waals surface area (Å²) in [6.07, 6.45) is 2.54. The van der Waals surface area contributed by atoms with Crippen LogP contribution in [0.15, 0.2) is 0 Å². The molecule has 1 radical (unpaired) electrons. The fraction of sp³-hybridized carbons (Fsp3) is 0.500. The molecular formula is C6H13N4O2. The Balaban J connectivity index is 3.11. The van der Waals surface area contributed by atoms with E-state index in [-0.39, 0.29) is 5.96 Å². The number of amides is 1. The number of hydrogen-bond acceptors (Lipinski definition) is 3. The van der Waals surface area contributed by atoms with E-state index < -0.39 is 5.91 Å². The maximum atomic E-state index is 10.4. The SMILES string of the molecule is N=C(N)NCCC[CH]C(=O)NO. The van der Waals surface area contributed by atoms with Crippen LogP contribution in [0.3, 0.4) is 0 Å². The van der Waals surface area contributed by atoms with Crippen molar-refractivity contribution in [2.45, 2.75) is 12.8 Å². The van der Waals surface area contributed by atoms with Gasteiger partial charge in [-0.05, 0) is 12.8 Å². The van der Waals surface area contributed by atoms with Crippen molar-refractivity contribution >= 4 is 11.9 Å². The number of nitrogens with one attached hydrogen (secondary N) is 3. The second kappa shape index (κ2) is 6.41.